The Morgan fingerprint density at radius 2 is 2.18 bits per heavy atom. The summed E-state index contributed by atoms with van der Waals surface area (Å²) in [5.74, 6) is 0.252. The maximum absolute atomic E-state index is 10.6. The lowest BCUT2D eigenvalue weighted by Crippen LogP contribution is -1.87. The molecule has 0 radical (unpaired) electrons. The van der Waals surface area contributed by atoms with Crippen LogP contribution in [0.25, 0.3) is 0 Å². The third kappa shape index (κ3) is 8.04. The minimum atomic E-state index is 0.252. The molecule has 0 aromatic heterocycles. The molecule has 0 N–H and O–H groups in total. The molecule has 0 aliphatic heterocycles. The normalized spacial score (nSPS) is 11.7. The first-order chi connectivity index (χ1) is 5.16. The highest BCUT2D eigenvalue weighted by Gasteiger charge is 1.95. The molecule has 0 aliphatic rings. The molecule has 0 spiro atoms. The smallest absolute Gasteiger partial charge is 0.134 e. The van der Waals surface area contributed by atoms with Crippen LogP contribution in [-0.4, -0.2) is 5.78 Å². The minimum absolute atomic E-state index is 0.252. The lowest BCUT2D eigenvalue weighted by molar-refractivity contribution is -0.116. The van der Waals surface area contributed by atoms with Crippen LogP contribution in [-0.2, 0) is 4.79 Å². The fourth-order valence-electron chi connectivity index (χ4n) is 0.773. The summed E-state index contributed by atoms with van der Waals surface area (Å²) in [5.41, 5.74) is 0. The van der Waals surface area contributed by atoms with E-state index in [0.717, 1.165) is 6.42 Å². The first kappa shape index (κ1) is 11.1. The van der Waals surface area contributed by atoms with Gasteiger partial charge in [0.15, 0.2) is 0 Å². The molecule has 0 aromatic carbocycles. The van der Waals surface area contributed by atoms with E-state index in [1.54, 1.807) is 6.92 Å². The van der Waals surface area contributed by atoms with Crippen LogP contribution in [0.15, 0.2) is 9.66 Å². The van der Waals surface area contributed by atoms with Gasteiger partial charge in [0.1, 0.15) is 5.78 Å². The first-order valence-electron chi connectivity index (χ1n) is 4.00. The van der Waals surface area contributed by atoms with Crippen molar-refractivity contribution in [3.8, 4) is 0 Å². The Morgan fingerprint density at radius 1 is 1.55 bits per heavy atom. The molecule has 0 bridgehead atoms. The van der Waals surface area contributed by atoms with Gasteiger partial charge in [0.05, 0.1) is 0 Å². The Kier molecular flexibility index (Phi) is 6.91. The molecule has 0 aliphatic carbocycles. The highest BCUT2D eigenvalue weighted by Crippen LogP contribution is 2.13. The zero-order valence-corrected chi connectivity index (χ0v) is 9.35. The van der Waals surface area contributed by atoms with Crippen LogP contribution in [0.5, 0.6) is 0 Å². The number of unbranched alkanes of at least 4 members (excludes halogenated alkanes) is 2. The van der Waals surface area contributed by atoms with Crippen molar-refractivity contribution in [2.45, 2.75) is 39.5 Å². The predicted molar refractivity (Wildman–Crippen MR) is 56.9 cm³/mol. The van der Waals surface area contributed by atoms with Gasteiger partial charge in [-0.05, 0) is 39.5 Å². The van der Waals surface area contributed by atoms with Gasteiger partial charge in [-0.2, -0.15) is 0 Å². The van der Waals surface area contributed by atoms with Crippen molar-refractivity contribution in [3.63, 3.8) is 0 Å². The van der Waals surface area contributed by atoms with E-state index in [2.05, 4.69) is 35.6 Å². The molecule has 1 nitrogen and oxygen atoms in total. The van der Waals surface area contributed by atoms with Gasteiger partial charge in [-0.15, -0.1) is 0 Å². The Labute approximate surface area is 82.4 Å². The number of carbonyl (C=O) groups is 1. The Morgan fingerprint density at radius 3 is 2.64 bits per heavy atom. The van der Waals surface area contributed by atoms with E-state index in [-0.39, 0.29) is 5.78 Å². The van der Waals surface area contributed by atoms with Crippen molar-refractivity contribution in [2.24, 2.45) is 0 Å². The maximum Gasteiger partial charge on any atom is 0.134 e. The van der Waals surface area contributed by atoms with E-state index in [0.29, 0.717) is 6.42 Å². The molecule has 2 heteroatoms. The standard InChI is InChI=1S/C9H15IO/c1-3-4-5-6-9(10)7-8(2)11/h6H,3-5,7H2,1-2H3/b9-6-. The number of hydrogen-bond donors (Lipinski definition) is 0. The first-order valence-corrected chi connectivity index (χ1v) is 5.08. The largest absolute Gasteiger partial charge is 0.300 e. The summed E-state index contributed by atoms with van der Waals surface area (Å²) in [6.07, 6.45) is 6.34. The second-order valence-electron chi connectivity index (χ2n) is 2.67. The van der Waals surface area contributed by atoms with E-state index in [4.69, 9.17) is 0 Å². The van der Waals surface area contributed by atoms with Crippen LogP contribution in [0.1, 0.15) is 39.5 Å². The zero-order valence-electron chi connectivity index (χ0n) is 7.19. The number of allylic oxidation sites excluding steroid dienone is 2. The van der Waals surface area contributed by atoms with Crippen LogP contribution < -0.4 is 0 Å². The number of hydrogen-bond acceptors (Lipinski definition) is 1. The van der Waals surface area contributed by atoms with Crippen molar-refractivity contribution in [2.75, 3.05) is 0 Å². The Balaban J connectivity index is 3.54. The van der Waals surface area contributed by atoms with Gasteiger partial charge >= 0.3 is 0 Å². The lowest BCUT2D eigenvalue weighted by Gasteiger charge is -1.94. The molecule has 0 atom stereocenters. The van der Waals surface area contributed by atoms with Crippen LogP contribution in [0.4, 0.5) is 0 Å². The topological polar surface area (TPSA) is 17.1 Å². The van der Waals surface area contributed by atoms with E-state index >= 15 is 0 Å². The number of carbonyl (C=O) groups excluding carboxylic acids is 1. The van der Waals surface area contributed by atoms with Crippen molar-refractivity contribution < 1.29 is 4.79 Å². The van der Waals surface area contributed by atoms with Crippen molar-refractivity contribution >= 4 is 28.4 Å². The van der Waals surface area contributed by atoms with E-state index in [1.165, 1.54) is 16.4 Å². The van der Waals surface area contributed by atoms with Gasteiger partial charge < -0.3 is 0 Å². The molecule has 64 valence electrons. The molecular formula is C9H15IO. The molecule has 0 rings (SSSR count). The van der Waals surface area contributed by atoms with Crippen molar-refractivity contribution in [1.82, 2.24) is 0 Å². The molecular weight excluding hydrogens is 251 g/mol. The molecule has 0 aromatic rings. The molecule has 0 amide bonds. The zero-order chi connectivity index (χ0) is 8.69. The van der Waals surface area contributed by atoms with Crippen molar-refractivity contribution in [3.05, 3.63) is 9.66 Å². The fraction of sp³-hybridized carbons (Fsp3) is 0.667. The van der Waals surface area contributed by atoms with Crippen LogP contribution in [0, 0.1) is 0 Å². The quantitative estimate of drug-likeness (QED) is 0.550. The van der Waals surface area contributed by atoms with Gasteiger partial charge in [-0.25, -0.2) is 0 Å². The summed E-state index contributed by atoms with van der Waals surface area (Å²) in [5, 5.41) is 0. The molecule has 0 heterocycles. The van der Waals surface area contributed by atoms with Crippen LogP contribution in [0.2, 0.25) is 0 Å². The number of ketones is 1. The summed E-state index contributed by atoms with van der Waals surface area (Å²) in [4.78, 5) is 10.6. The van der Waals surface area contributed by atoms with E-state index in [9.17, 15) is 4.79 Å². The Hall–Kier alpha value is 0.140. The monoisotopic (exact) mass is 266 g/mol. The lowest BCUT2D eigenvalue weighted by atomic mass is 10.2. The molecule has 0 unspecified atom stereocenters. The summed E-state index contributed by atoms with van der Waals surface area (Å²) >= 11 is 2.24. The average Bonchev–Trinajstić information content (AvgIpc) is 1.86. The fourth-order valence-corrected chi connectivity index (χ4v) is 1.62. The number of rotatable bonds is 5. The number of halogens is 1. The summed E-state index contributed by atoms with van der Waals surface area (Å²) < 4.78 is 1.18. The van der Waals surface area contributed by atoms with Crippen LogP contribution in [0.3, 0.4) is 0 Å². The molecule has 0 saturated carbocycles. The van der Waals surface area contributed by atoms with E-state index in [1.807, 2.05) is 0 Å². The Bertz CT molecular complexity index is 150. The third-order valence-electron chi connectivity index (χ3n) is 1.34. The maximum atomic E-state index is 10.6. The summed E-state index contributed by atoms with van der Waals surface area (Å²) in [7, 11) is 0. The second-order valence-corrected chi connectivity index (χ2v) is 4.06. The SMILES string of the molecule is CCCC/C=C(\I)CC(C)=O. The molecule has 0 saturated heterocycles. The predicted octanol–water partition coefficient (Wildman–Crippen LogP) is 3.47. The highest BCUT2D eigenvalue weighted by atomic mass is 127. The van der Waals surface area contributed by atoms with E-state index < -0.39 is 0 Å². The van der Waals surface area contributed by atoms with Crippen LogP contribution >= 0.6 is 22.6 Å². The van der Waals surface area contributed by atoms with Gasteiger partial charge in [0.2, 0.25) is 0 Å². The third-order valence-corrected chi connectivity index (χ3v) is 2.16. The van der Waals surface area contributed by atoms with Crippen molar-refractivity contribution in [1.29, 1.82) is 0 Å². The molecule has 11 heavy (non-hydrogen) atoms. The highest BCUT2D eigenvalue weighted by molar-refractivity contribution is 14.1. The summed E-state index contributed by atoms with van der Waals surface area (Å²) in [6, 6.07) is 0. The number of Topliss-reactive ketones (excluding diaryl/α,β-unsaturated/α-hetero) is 1. The average molecular weight is 266 g/mol. The molecule has 0 fully saturated rings. The van der Waals surface area contributed by atoms with Gasteiger partial charge in [-0.1, -0.05) is 25.8 Å². The summed E-state index contributed by atoms with van der Waals surface area (Å²) in [6.45, 7) is 3.80. The second kappa shape index (κ2) is 6.83. The van der Waals surface area contributed by atoms with Gasteiger partial charge in [0, 0.05) is 6.42 Å². The van der Waals surface area contributed by atoms with Gasteiger partial charge in [0.25, 0.3) is 0 Å². The van der Waals surface area contributed by atoms with Gasteiger partial charge in [-0.3, -0.25) is 4.79 Å². The minimum Gasteiger partial charge on any atom is -0.300 e.